The van der Waals surface area contributed by atoms with Gasteiger partial charge in [-0.2, -0.15) is 0 Å². The van der Waals surface area contributed by atoms with E-state index in [1.165, 1.54) is 11.1 Å². The van der Waals surface area contributed by atoms with Gasteiger partial charge in [-0.25, -0.2) is 4.79 Å². The zero-order chi connectivity index (χ0) is 25.0. The van der Waals surface area contributed by atoms with Crippen LogP contribution in [0.15, 0.2) is 53.1 Å². The van der Waals surface area contributed by atoms with E-state index < -0.39 is 8.07 Å². The van der Waals surface area contributed by atoms with Crippen LogP contribution in [0.25, 0.3) is 0 Å². The van der Waals surface area contributed by atoms with Crippen LogP contribution in [-0.4, -0.2) is 46.3 Å². The van der Waals surface area contributed by atoms with E-state index in [1.807, 2.05) is 25.1 Å². The van der Waals surface area contributed by atoms with Crippen LogP contribution in [0.2, 0.25) is 25.7 Å². The van der Waals surface area contributed by atoms with E-state index in [2.05, 4.69) is 45.6 Å². The lowest BCUT2D eigenvalue weighted by atomic mass is 9.99. The fourth-order valence-electron chi connectivity index (χ4n) is 3.94. The molecule has 1 unspecified atom stereocenters. The first-order valence-corrected chi connectivity index (χ1v) is 16.3. The summed E-state index contributed by atoms with van der Waals surface area (Å²) in [6.45, 7) is 15.1. The van der Waals surface area contributed by atoms with Crippen LogP contribution in [0.5, 0.6) is 0 Å². The number of esters is 1. The van der Waals surface area contributed by atoms with E-state index in [0.29, 0.717) is 26.2 Å². The summed E-state index contributed by atoms with van der Waals surface area (Å²) in [5.74, 6) is -0.297. The molecule has 2 atom stereocenters. The second-order valence-electron chi connectivity index (χ2n) is 10.4. The highest BCUT2D eigenvalue weighted by Crippen LogP contribution is 2.28. The van der Waals surface area contributed by atoms with Gasteiger partial charge in [-0.1, -0.05) is 55.5 Å². The summed E-state index contributed by atoms with van der Waals surface area (Å²) < 4.78 is 23.7. The predicted molar refractivity (Wildman–Crippen MR) is 140 cm³/mol. The van der Waals surface area contributed by atoms with Crippen molar-refractivity contribution in [3.63, 3.8) is 0 Å². The zero-order valence-corrected chi connectivity index (χ0v) is 23.0. The van der Waals surface area contributed by atoms with Crippen molar-refractivity contribution in [3.05, 3.63) is 58.7 Å². The molecule has 1 aromatic rings. The lowest BCUT2D eigenvalue weighted by Crippen LogP contribution is -2.28. The van der Waals surface area contributed by atoms with Crippen LogP contribution in [0.3, 0.4) is 0 Å². The Morgan fingerprint density at radius 1 is 1.18 bits per heavy atom. The van der Waals surface area contributed by atoms with Gasteiger partial charge in [0, 0.05) is 27.2 Å². The van der Waals surface area contributed by atoms with Crippen LogP contribution in [0.4, 0.5) is 0 Å². The molecule has 6 heteroatoms. The summed E-state index contributed by atoms with van der Waals surface area (Å²) in [4.78, 5) is 12.5. The van der Waals surface area contributed by atoms with Gasteiger partial charge in [0.25, 0.3) is 0 Å². The third-order valence-electron chi connectivity index (χ3n) is 5.75. The average molecular weight is 489 g/mol. The fraction of sp³-hybridized carbons (Fsp3) is 0.607. The number of ether oxygens (including phenoxy) is 4. The van der Waals surface area contributed by atoms with Gasteiger partial charge in [0.05, 0.1) is 25.9 Å². The average Bonchev–Trinajstić information content (AvgIpc) is 2.78. The van der Waals surface area contributed by atoms with E-state index >= 15 is 0 Å². The Labute approximate surface area is 207 Å². The molecule has 0 spiro atoms. The number of hydrogen-bond donors (Lipinski definition) is 0. The van der Waals surface area contributed by atoms with E-state index in [9.17, 15) is 4.79 Å². The maximum atomic E-state index is 12.5. The maximum absolute atomic E-state index is 12.5. The van der Waals surface area contributed by atoms with Crippen LogP contribution in [0.1, 0.15) is 52.0 Å². The molecule has 5 nitrogen and oxygen atoms in total. The Bertz CT molecular complexity index is 800. The van der Waals surface area contributed by atoms with Gasteiger partial charge >= 0.3 is 5.97 Å². The molecular weight excluding hydrogens is 444 g/mol. The van der Waals surface area contributed by atoms with Gasteiger partial charge in [0.2, 0.25) is 0 Å². The van der Waals surface area contributed by atoms with Crippen molar-refractivity contribution in [3.8, 4) is 0 Å². The molecule has 34 heavy (non-hydrogen) atoms. The van der Waals surface area contributed by atoms with Crippen molar-refractivity contribution in [2.75, 3.05) is 19.8 Å². The summed E-state index contributed by atoms with van der Waals surface area (Å²) in [6, 6.07) is 11.0. The molecule has 0 bridgehead atoms. The summed E-state index contributed by atoms with van der Waals surface area (Å²) in [5.41, 5.74) is 4.54. The van der Waals surface area contributed by atoms with Crippen molar-refractivity contribution >= 4 is 14.0 Å². The highest BCUT2D eigenvalue weighted by atomic mass is 28.3. The molecule has 1 saturated heterocycles. The monoisotopic (exact) mass is 488 g/mol. The Kier molecular flexibility index (Phi) is 12.3. The predicted octanol–water partition coefficient (Wildman–Crippen LogP) is 6.67. The quantitative estimate of drug-likeness (QED) is 0.134. The highest BCUT2D eigenvalue weighted by molar-refractivity contribution is 6.76. The molecule has 1 aliphatic rings. The smallest absolute Gasteiger partial charge is 0.330 e. The molecule has 0 aliphatic carbocycles. The highest BCUT2D eigenvalue weighted by Gasteiger charge is 2.26. The van der Waals surface area contributed by atoms with Crippen molar-refractivity contribution in [2.24, 2.45) is 0 Å². The van der Waals surface area contributed by atoms with Gasteiger partial charge in [-0.3, -0.25) is 0 Å². The number of hydrogen-bond acceptors (Lipinski definition) is 5. The minimum atomic E-state index is -1.53. The topological polar surface area (TPSA) is 54.0 Å². The Balaban J connectivity index is 2.26. The number of carbonyl (C=O) groups excluding carboxylic acids is 1. The second kappa shape index (κ2) is 14.6. The van der Waals surface area contributed by atoms with Gasteiger partial charge in [0.1, 0.15) is 0 Å². The van der Waals surface area contributed by atoms with Crippen LogP contribution in [0, 0.1) is 0 Å². The van der Waals surface area contributed by atoms with Crippen LogP contribution in [-0.2, 0) is 30.3 Å². The first-order chi connectivity index (χ1) is 16.2. The second-order valence-corrected chi connectivity index (χ2v) is 15.9. The number of carbonyl (C=O) groups is 1. The molecule has 1 aromatic carbocycles. The molecule has 1 fully saturated rings. The number of benzene rings is 1. The molecule has 0 saturated carbocycles. The molecule has 0 radical (unpaired) electrons. The fourth-order valence-corrected chi connectivity index (χ4v) is 5.50. The van der Waals surface area contributed by atoms with E-state index in [4.69, 9.17) is 18.9 Å². The molecule has 0 amide bonds. The number of allylic oxidation sites excluding steroid dienone is 1. The van der Waals surface area contributed by atoms with Crippen molar-refractivity contribution in [2.45, 2.75) is 91.1 Å². The number of rotatable bonds is 13. The molecule has 190 valence electrons. The Hall–Kier alpha value is -1.73. The van der Waals surface area contributed by atoms with E-state index in [0.717, 1.165) is 43.0 Å². The van der Waals surface area contributed by atoms with Gasteiger partial charge in [0.15, 0.2) is 6.29 Å². The van der Waals surface area contributed by atoms with Gasteiger partial charge < -0.3 is 18.9 Å². The van der Waals surface area contributed by atoms with Crippen molar-refractivity contribution in [1.29, 1.82) is 0 Å². The molecule has 0 aromatic heterocycles. The lowest BCUT2D eigenvalue weighted by Gasteiger charge is -2.28. The maximum Gasteiger partial charge on any atom is 0.330 e. The normalized spacial score (nSPS) is 17.8. The largest absolute Gasteiger partial charge is 0.463 e. The Morgan fingerprint density at radius 2 is 1.91 bits per heavy atom. The summed E-state index contributed by atoms with van der Waals surface area (Å²) >= 11 is 0. The molecule has 0 N–H and O–H groups in total. The third-order valence-corrected chi connectivity index (χ3v) is 7.22. The van der Waals surface area contributed by atoms with Crippen LogP contribution < -0.4 is 0 Å². The Morgan fingerprint density at radius 3 is 2.50 bits per heavy atom. The summed E-state index contributed by atoms with van der Waals surface area (Å²) in [5, 5.41) is 0. The van der Waals surface area contributed by atoms with Crippen molar-refractivity contribution < 1.29 is 23.7 Å². The third kappa shape index (κ3) is 11.1. The summed E-state index contributed by atoms with van der Waals surface area (Å²) in [7, 11) is -1.53. The van der Waals surface area contributed by atoms with E-state index in [-0.39, 0.29) is 18.4 Å². The standard InChI is InChI=1S/C28H44O5Si/c1-7-30-27(29)18-25(21-34(4,5)6)26(32-19-23-13-9-8-10-14-23)17-24(22(2)3)20-33-28-15-11-12-16-31-28/h8-10,13-14,18,26,28H,7,11-12,15-17,19-21H2,1-6H3/b25-18+/t26-,28?/m0/s1. The molecular formula is C28H44O5Si. The first-order valence-electron chi connectivity index (χ1n) is 12.6. The lowest BCUT2D eigenvalue weighted by molar-refractivity contribution is -0.157. The minimum absolute atomic E-state index is 0.136. The van der Waals surface area contributed by atoms with Gasteiger partial charge in [-0.05, 0) is 62.8 Å². The molecule has 1 aliphatic heterocycles. The summed E-state index contributed by atoms with van der Waals surface area (Å²) in [6.07, 6.45) is 5.17. The first kappa shape index (κ1) is 28.5. The van der Waals surface area contributed by atoms with Crippen LogP contribution >= 0.6 is 0 Å². The zero-order valence-electron chi connectivity index (χ0n) is 22.0. The molecule has 2 rings (SSSR count). The van der Waals surface area contributed by atoms with Gasteiger partial charge in [-0.15, -0.1) is 0 Å². The van der Waals surface area contributed by atoms with Crippen molar-refractivity contribution in [1.82, 2.24) is 0 Å². The van der Waals surface area contributed by atoms with E-state index in [1.54, 1.807) is 6.08 Å². The SMILES string of the molecule is CCOC(=O)/C=C(\C[Si](C)(C)C)[C@H](CC(COC1CCCCO1)=C(C)C)OCc1ccccc1. The minimum Gasteiger partial charge on any atom is -0.463 e. The molecule has 1 heterocycles.